The van der Waals surface area contributed by atoms with E-state index in [0.717, 1.165) is 11.3 Å². The maximum atomic E-state index is 8.75. The molecule has 3 nitrogen and oxygen atoms in total. The van der Waals surface area contributed by atoms with Gasteiger partial charge in [-0.15, -0.1) is 0 Å². The van der Waals surface area contributed by atoms with Crippen LogP contribution < -0.4 is 10.1 Å². The van der Waals surface area contributed by atoms with Gasteiger partial charge >= 0.3 is 0 Å². The number of rotatable bonds is 5. The number of ether oxygens (including phenoxy) is 1. The minimum absolute atomic E-state index is 0.151. The van der Waals surface area contributed by atoms with Crippen LogP contribution >= 0.6 is 0 Å². The number of benzene rings is 1. The fourth-order valence-electron chi connectivity index (χ4n) is 1.58. The third kappa shape index (κ3) is 3.22. The van der Waals surface area contributed by atoms with Crippen LogP contribution in [-0.2, 0) is 0 Å². The summed E-state index contributed by atoms with van der Waals surface area (Å²) in [5.74, 6) is 0.888. The number of aliphatic hydroxyl groups excluding tert-OH is 1. The summed E-state index contributed by atoms with van der Waals surface area (Å²) in [5, 5.41) is 12.0. The molecule has 0 radical (unpaired) electrons. The molecule has 0 bridgehead atoms. The fourth-order valence-corrected chi connectivity index (χ4v) is 1.58. The second kappa shape index (κ2) is 5.73. The standard InChI is InChI=1S/C12H19NO2/c1-9-4-5-12(15-3)11(8-9)10(2)13-6-7-14/h4-5,8,10,13-14H,6-7H2,1-3H3. The number of nitrogens with one attached hydrogen (secondary N) is 1. The Labute approximate surface area is 91.1 Å². The van der Waals surface area contributed by atoms with Gasteiger partial charge in [-0.25, -0.2) is 0 Å². The molecule has 0 aliphatic carbocycles. The molecule has 0 aliphatic heterocycles. The van der Waals surface area contributed by atoms with Crippen LogP contribution in [0.25, 0.3) is 0 Å². The van der Waals surface area contributed by atoms with E-state index in [1.54, 1.807) is 7.11 Å². The van der Waals surface area contributed by atoms with Crippen molar-refractivity contribution in [1.29, 1.82) is 0 Å². The van der Waals surface area contributed by atoms with Gasteiger partial charge in [0.1, 0.15) is 5.75 Å². The molecular weight excluding hydrogens is 190 g/mol. The quantitative estimate of drug-likeness (QED) is 0.774. The predicted molar refractivity (Wildman–Crippen MR) is 61.2 cm³/mol. The molecule has 0 fully saturated rings. The van der Waals surface area contributed by atoms with Gasteiger partial charge in [0, 0.05) is 18.2 Å². The van der Waals surface area contributed by atoms with E-state index in [0.29, 0.717) is 6.54 Å². The number of hydrogen-bond donors (Lipinski definition) is 2. The Balaban J connectivity index is 2.85. The number of aliphatic hydroxyl groups is 1. The monoisotopic (exact) mass is 209 g/mol. The van der Waals surface area contributed by atoms with E-state index in [4.69, 9.17) is 9.84 Å². The lowest BCUT2D eigenvalue weighted by molar-refractivity contribution is 0.285. The van der Waals surface area contributed by atoms with Crippen molar-refractivity contribution in [2.45, 2.75) is 19.9 Å². The van der Waals surface area contributed by atoms with Crippen molar-refractivity contribution in [1.82, 2.24) is 5.32 Å². The first-order chi connectivity index (χ1) is 7.19. The zero-order chi connectivity index (χ0) is 11.3. The van der Waals surface area contributed by atoms with Crippen LogP contribution in [0.1, 0.15) is 24.1 Å². The highest BCUT2D eigenvalue weighted by atomic mass is 16.5. The minimum atomic E-state index is 0.151. The van der Waals surface area contributed by atoms with E-state index in [1.807, 2.05) is 12.1 Å². The Morgan fingerprint density at radius 1 is 1.47 bits per heavy atom. The Morgan fingerprint density at radius 2 is 2.20 bits per heavy atom. The summed E-state index contributed by atoms with van der Waals surface area (Å²) in [4.78, 5) is 0. The lowest BCUT2D eigenvalue weighted by atomic mass is 10.0. The van der Waals surface area contributed by atoms with Crippen LogP contribution in [0, 0.1) is 6.92 Å². The van der Waals surface area contributed by atoms with E-state index in [2.05, 4.69) is 25.2 Å². The zero-order valence-electron chi connectivity index (χ0n) is 9.58. The van der Waals surface area contributed by atoms with Crippen molar-refractivity contribution in [3.8, 4) is 5.75 Å². The van der Waals surface area contributed by atoms with Crippen LogP contribution in [-0.4, -0.2) is 25.4 Å². The van der Waals surface area contributed by atoms with E-state index in [9.17, 15) is 0 Å². The first kappa shape index (κ1) is 12.0. The fraction of sp³-hybridized carbons (Fsp3) is 0.500. The molecule has 0 aliphatic rings. The largest absolute Gasteiger partial charge is 0.496 e. The van der Waals surface area contributed by atoms with Crippen molar-refractivity contribution >= 4 is 0 Å². The lowest BCUT2D eigenvalue weighted by Crippen LogP contribution is -2.22. The molecule has 0 saturated heterocycles. The van der Waals surface area contributed by atoms with Crippen LogP contribution in [0.4, 0.5) is 0 Å². The molecule has 84 valence electrons. The average Bonchev–Trinajstić information content (AvgIpc) is 2.25. The van der Waals surface area contributed by atoms with Gasteiger partial charge in [-0.2, -0.15) is 0 Å². The van der Waals surface area contributed by atoms with Crippen molar-refractivity contribution in [3.63, 3.8) is 0 Å². The number of methoxy groups -OCH3 is 1. The molecule has 2 N–H and O–H groups in total. The highest BCUT2D eigenvalue weighted by Crippen LogP contribution is 2.25. The normalized spacial score (nSPS) is 12.5. The highest BCUT2D eigenvalue weighted by molar-refractivity contribution is 5.38. The van der Waals surface area contributed by atoms with Gasteiger partial charge in [-0.3, -0.25) is 0 Å². The first-order valence-electron chi connectivity index (χ1n) is 5.17. The van der Waals surface area contributed by atoms with Crippen molar-refractivity contribution in [2.75, 3.05) is 20.3 Å². The lowest BCUT2D eigenvalue weighted by Gasteiger charge is -2.17. The van der Waals surface area contributed by atoms with Gasteiger partial charge in [-0.05, 0) is 19.9 Å². The SMILES string of the molecule is COc1ccc(C)cc1C(C)NCCO. The first-order valence-corrected chi connectivity index (χ1v) is 5.17. The van der Waals surface area contributed by atoms with E-state index in [1.165, 1.54) is 5.56 Å². The molecule has 3 heteroatoms. The third-order valence-corrected chi connectivity index (χ3v) is 2.41. The summed E-state index contributed by atoms with van der Waals surface area (Å²) in [6.07, 6.45) is 0. The van der Waals surface area contributed by atoms with Crippen LogP contribution in [0.15, 0.2) is 18.2 Å². The molecule has 0 heterocycles. The Kier molecular flexibility index (Phi) is 4.59. The predicted octanol–water partition coefficient (Wildman–Crippen LogP) is 1.65. The molecule has 15 heavy (non-hydrogen) atoms. The molecule has 0 spiro atoms. The van der Waals surface area contributed by atoms with E-state index < -0.39 is 0 Å². The summed E-state index contributed by atoms with van der Waals surface area (Å²) in [6, 6.07) is 6.29. The summed E-state index contributed by atoms with van der Waals surface area (Å²) >= 11 is 0. The average molecular weight is 209 g/mol. The van der Waals surface area contributed by atoms with Crippen molar-refractivity contribution in [2.24, 2.45) is 0 Å². The molecule has 1 aromatic rings. The highest BCUT2D eigenvalue weighted by Gasteiger charge is 2.10. The zero-order valence-corrected chi connectivity index (χ0v) is 9.58. The maximum absolute atomic E-state index is 8.75. The summed E-state index contributed by atoms with van der Waals surface area (Å²) in [5.41, 5.74) is 2.34. The molecule has 1 rings (SSSR count). The summed E-state index contributed by atoms with van der Waals surface area (Å²) in [7, 11) is 1.67. The van der Waals surface area contributed by atoms with Crippen LogP contribution in [0.2, 0.25) is 0 Å². The van der Waals surface area contributed by atoms with Crippen molar-refractivity contribution in [3.05, 3.63) is 29.3 Å². The Morgan fingerprint density at radius 3 is 2.80 bits per heavy atom. The van der Waals surface area contributed by atoms with Gasteiger partial charge in [0.05, 0.1) is 13.7 Å². The molecule has 1 aromatic carbocycles. The second-order valence-corrected chi connectivity index (χ2v) is 3.64. The maximum Gasteiger partial charge on any atom is 0.123 e. The van der Waals surface area contributed by atoms with Gasteiger partial charge in [0.25, 0.3) is 0 Å². The topological polar surface area (TPSA) is 41.5 Å². The van der Waals surface area contributed by atoms with Crippen molar-refractivity contribution < 1.29 is 9.84 Å². The molecular formula is C12H19NO2. The molecule has 1 atom stereocenters. The van der Waals surface area contributed by atoms with Gasteiger partial charge in [0.2, 0.25) is 0 Å². The number of hydrogen-bond acceptors (Lipinski definition) is 3. The van der Waals surface area contributed by atoms with Gasteiger partial charge in [-0.1, -0.05) is 17.7 Å². The second-order valence-electron chi connectivity index (χ2n) is 3.64. The molecule has 0 amide bonds. The summed E-state index contributed by atoms with van der Waals surface area (Å²) in [6.45, 7) is 4.87. The van der Waals surface area contributed by atoms with E-state index >= 15 is 0 Å². The number of aryl methyl sites for hydroxylation is 1. The third-order valence-electron chi connectivity index (χ3n) is 2.41. The summed E-state index contributed by atoms with van der Waals surface area (Å²) < 4.78 is 5.30. The molecule has 0 saturated carbocycles. The Hall–Kier alpha value is -1.06. The van der Waals surface area contributed by atoms with Crippen LogP contribution in [0.3, 0.4) is 0 Å². The van der Waals surface area contributed by atoms with Gasteiger partial charge < -0.3 is 15.2 Å². The smallest absolute Gasteiger partial charge is 0.123 e. The van der Waals surface area contributed by atoms with Crippen LogP contribution in [0.5, 0.6) is 5.75 Å². The molecule has 1 unspecified atom stereocenters. The minimum Gasteiger partial charge on any atom is -0.496 e. The van der Waals surface area contributed by atoms with E-state index in [-0.39, 0.29) is 12.6 Å². The van der Waals surface area contributed by atoms with Gasteiger partial charge in [0.15, 0.2) is 0 Å². The Bertz CT molecular complexity index is 312. The molecule has 0 aromatic heterocycles.